The Balaban J connectivity index is 1.63. The normalized spacial score (nSPS) is 14.4. The predicted molar refractivity (Wildman–Crippen MR) is 111 cm³/mol. The van der Waals surface area contributed by atoms with Crippen LogP contribution in [0.15, 0.2) is 51.7 Å². The van der Waals surface area contributed by atoms with Crippen LogP contribution in [0.5, 0.6) is 5.75 Å². The Morgan fingerprint density at radius 1 is 1.00 bits per heavy atom. The third-order valence-electron chi connectivity index (χ3n) is 5.25. The van der Waals surface area contributed by atoms with Crippen LogP contribution in [-0.4, -0.2) is 32.9 Å². The number of ether oxygens (including phenoxy) is 2. The Labute approximate surface area is 164 Å². The summed E-state index contributed by atoms with van der Waals surface area (Å²) >= 11 is 0. The van der Waals surface area contributed by atoms with Gasteiger partial charge in [0.15, 0.2) is 5.43 Å². The number of hydrogen-bond donors (Lipinski definition) is 0. The first kappa shape index (κ1) is 18.6. The summed E-state index contributed by atoms with van der Waals surface area (Å²) in [5.74, 6) is 1.40. The maximum Gasteiger partial charge on any atom is 0.203 e. The minimum Gasteiger partial charge on any atom is -0.493 e. The summed E-state index contributed by atoms with van der Waals surface area (Å²) in [4.78, 5) is 15.0. The molecule has 3 aromatic rings. The van der Waals surface area contributed by atoms with Crippen LogP contribution in [-0.2, 0) is 11.2 Å². The second-order valence-electron chi connectivity index (χ2n) is 7.11. The number of nitrogens with zero attached hydrogens (tertiary/aromatic N) is 1. The van der Waals surface area contributed by atoms with Gasteiger partial charge < -0.3 is 18.8 Å². The molecule has 0 amide bonds. The molecular formula is C23H25NO4. The molecule has 1 aromatic heterocycles. The van der Waals surface area contributed by atoms with Gasteiger partial charge in [-0.3, -0.25) is 4.79 Å². The van der Waals surface area contributed by atoms with Crippen LogP contribution in [0.25, 0.3) is 11.0 Å². The van der Waals surface area contributed by atoms with Crippen molar-refractivity contribution in [1.82, 2.24) is 0 Å². The SMILES string of the molecule is Cc1c(N2CCOCC2)oc2c(C)c(OCCc3ccccc3)ccc2c1=O. The molecule has 1 saturated heterocycles. The molecule has 5 heteroatoms. The number of anilines is 1. The summed E-state index contributed by atoms with van der Waals surface area (Å²) in [6.45, 7) is 7.08. The van der Waals surface area contributed by atoms with Crippen molar-refractivity contribution in [2.24, 2.45) is 0 Å². The van der Waals surface area contributed by atoms with Gasteiger partial charge in [-0.2, -0.15) is 0 Å². The summed E-state index contributed by atoms with van der Waals surface area (Å²) in [7, 11) is 0. The van der Waals surface area contributed by atoms with Crippen LogP contribution in [0.4, 0.5) is 5.88 Å². The highest BCUT2D eigenvalue weighted by atomic mass is 16.5. The summed E-state index contributed by atoms with van der Waals surface area (Å²) in [5, 5.41) is 0.599. The molecule has 0 aliphatic carbocycles. The van der Waals surface area contributed by atoms with Gasteiger partial charge in [-0.25, -0.2) is 0 Å². The largest absolute Gasteiger partial charge is 0.493 e. The molecule has 2 heterocycles. The second kappa shape index (κ2) is 8.07. The molecule has 1 fully saturated rings. The molecule has 0 radical (unpaired) electrons. The molecule has 28 heavy (non-hydrogen) atoms. The smallest absolute Gasteiger partial charge is 0.203 e. The van der Waals surface area contributed by atoms with E-state index in [4.69, 9.17) is 13.9 Å². The molecule has 5 nitrogen and oxygen atoms in total. The van der Waals surface area contributed by atoms with Gasteiger partial charge in [0.2, 0.25) is 5.88 Å². The molecule has 1 aliphatic rings. The summed E-state index contributed by atoms with van der Waals surface area (Å²) in [5.41, 5.74) is 3.36. The third kappa shape index (κ3) is 3.62. The first-order valence-electron chi connectivity index (χ1n) is 9.71. The number of aryl methyl sites for hydroxylation is 1. The van der Waals surface area contributed by atoms with Crippen molar-refractivity contribution in [2.45, 2.75) is 20.3 Å². The van der Waals surface area contributed by atoms with Crippen LogP contribution in [0.3, 0.4) is 0 Å². The number of benzene rings is 2. The van der Waals surface area contributed by atoms with Crippen molar-refractivity contribution in [3.8, 4) is 5.75 Å². The van der Waals surface area contributed by atoms with Gasteiger partial charge >= 0.3 is 0 Å². The predicted octanol–water partition coefficient (Wildman–Crippen LogP) is 3.87. The van der Waals surface area contributed by atoms with Gasteiger partial charge in [0.25, 0.3) is 0 Å². The van der Waals surface area contributed by atoms with Gasteiger partial charge in [0.1, 0.15) is 11.3 Å². The Morgan fingerprint density at radius 2 is 1.75 bits per heavy atom. The Hall–Kier alpha value is -2.79. The summed E-state index contributed by atoms with van der Waals surface area (Å²) in [6.07, 6.45) is 0.829. The number of fused-ring (bicyclic) bond motifs is 1. The van der Waals surface area contributed by atoms with Crippen LogP contribution < -0.4 is 15.1 Å². The maximum atomic E-state index is 12.9. The Kier molecular flexibility index (Phi) is 5.35. The van der Waals surface area contributed by atoms with Gasteiger partial charge in [-0.1, -0.05) is 30.3 Å². The van der Waals surface area contributed by atoms with Crippen LogP contribution in [0.1, 0.15) is 16.7 Å². The summed E-state index contributed by atoms with van der Waals surface area (Å²) < 4.78 is 17.7. The average Bonchev–Trinajstić information content (AvgIpc) is 2.74. The lowest BCUT2D eigenvalue weighted by molar-refractivity contribution is 0.120. The quantitative estimate of drug-likeness (QED) is 0.674. The molecule has 1 aliphatic heterocycles. The highest BCUT2D eigenvalue weighted by Crippen LogP contribution is 2.30. The van der Waals surface area contributed by atoms with E-state index in [0.29, 0.717) is 42.2 Å². The molecule has 0 N–H and O–H groups in total. The fourth-order valence-electron chi connectivity index (χ4n) is 3.60. The zero-order chi connectivity index (χ0) is 19.5. The maximum absolute atomic E-state index is 12.9. The molecule has 0 spiro atoms. The molecule has 4 rings (SSSR count). The van der Waals surface area contributed by atoms with Crippen molar-refractivity contribution >= 4 is 16.9 Å². The van der Waals surface area contributed by atoms with Gasteiger partial charge in [0.05, 0.1) is 30.8 Å². The van der Waals surface area contributed by atoms with E-state index in [9.17, 15) is 4.79 Å². The van der Waals surface area contributed by atoms with E-state index >= 15 is 0 Å². The minimum absolute atomic E-state index is 0.0154. The lowest BCUT2D eigenvalue weighted by Crippen LogP contribution is -2.37. The van der Waals surface area contributed by atoms with Crippen LogP contribution in [0.2, 0.25) is 0 Å². The van der Waals surface area contributed by atoms with Crippen molar-refractivity contribution in [1.29, 1.82) is 0 Å². The fraction of sp³-hybridized carbons (Fsp3) is 0.348. The van der Waals surface area contributed by atoms with E-state index in [1.807, 2.05) is 44.2 Å². The molecular weight excluding hydrogens is 354 g/mol. The molecule has 0 unspecified atom stereocenters. The molecule has 0 bridgehead atoms. The second-order valence-corrected chi connectivity index (χ2v) is 7.11. The van der Waals surface area contributed by atoms with Crippen LogP contribution >= 0.6 is 0 Å². The molecule has 0 atom stereocenters. The Morgan fingerprint density at radius 3 is 2.50 bits per heavy atom. The minimum atomic E-state index is 0.0154. The summed E-state index contributed by atoms with van der Waals surface area (Å²) in [6, 6.07) is 13.9. The van der Waals surface area contributed by atoms with Crippen molar-refractivity contribution < 1.29 is 13.9 Å². The molecule has 2 aromatic carbocycles. The lowest BCUT2D eigenvalue weighted by Gasteiger charge is -2.28. The van der Waals surface area contributed by atoms with E-state index in [1.54, 1.807) is 0 Å². The van der Waals surface area contributed by atoms with E-state index in [0.717, 1.165) is 30.8 Å². The number of rotatable bonds is 5. The molecule has 0 saturated carbocycles. The molecule has 146 valence electrons. The van der Waals surface area contributed by atoms with Gasteiger partial charge in [-0.05, 0) is 31.5 Å². The Bertz CT molecular complexity index is 1020. The van der Waals surface area contributed by atoms with E-state index < -0.39 is 0 Å². The first-order chi connectivity index (χ1) is 13.6. The van der Waals surface area contributed by atoms with Gasteiger partial charge in [0, 0.05) is 25.1 Å². The standard InChI is InChI=1S/C23H25NO4/c1-16-20(27-13-10-18-6-4-3-5-7-18)9-8-19-21(25)17(2)23(28-22(16)19)24-11-14-26-15-12-24/h3-9H,10-15H2,1-2H3. The van der Waals surface area contributed by atoms with Crippen molar-refractivity contribution in [2.75, 3.05) is 37.8 Å². The van der Waals surface area contributed by atoms with Crippen molar-refractivity contribution in [3.05, 3.63) is 69.4 Å². The fourth-order valence-corrected chi connectivity index (χ4v) is 3.60. The first-order valence-corrected chi connectivity index (χ1v) is 9.71. The number of morpholine rings is 1. The third-order valence-corrected chi connectivity index (χ3v) is 5.25. The van der Waals surface area contributed by atoms with Gasteiger partial charge in [-0.15, -0.1) is 0 Å². The van der Waals surface area contributed by atoms with Crippen molar-refractivity contribution in [3.63, 3.8) is 0 Å². The zero-order valence-corrected chi connectivity index (χ0v) is 16.4. The lowest BCUT2D eigenvalue weighted by atomic mass is 10.1. The monoisotopic (exact) mass is 379 g/mol. The highest BCUT2D eigenvalue weighted by molar-refractivity contribution is 5.84. The van der Waals surface area contributed by atoms with E-state index in [2.05, 4.69) is 17.0 Å². The average molecular weight is 379 g/mol. The van der Waals surface area contributed by atoms with E-state index in [-0.39, 0.29) is 5.43 Å². The van der Waals surface area contributed by atoms with E-state index in [1.165, 1.54) is 5.56 Å². The van der Waals surface area contributed by atoms with Crippen LogP contribution in [0, 0.1) is 13.8 Å². The highest BCUT2D eigenvalue weighted by Gasteiger charge is 2.21. The number of hydrogen-bond acceptors (Lipinski definition) is 5. The topological polar surface area (TPSA) is 51.9 Å². The zero-order valence-electron chi connectivity index (χ0n) is 16.4.